The average Bonchev–Trinajstić information content (AvgIpc) is 2.37. The molecule has 2 amide bonds. The Balaban J connectivity index is 2.72. The lowest BCUT2D eigenvalue weighted by molar-refractivity contribution is -0.384. The predicted molar refractivity (Wildman–Crippen MR) is 73.0 cm³/mol. The number of anilines is 1. The average molecular weight is 280 g/mol. The van der Waals surface area contributed by atoms with Crippen molar-refractivity contribution in [3.8, 4) is 0 Å². The summed E-state index contributed by atoms with van der Waals surface area (Å²) in [4.78, 5) is 34.3. The summed E-state index contributed by atoms with van der Waals surface area (Å²) in [7, 11) is 1.59. The van der Waals surface area contributed by atoms with E-state index in [4.69, 9.17) is 5.73 Å². The third kappa shape index (κ3) is 4.32. The molecule has 0 aliphatic carbocycles. The molecule has 0 unspecified atom stereocenters. The molecular weight excluding hydrogens is 264 g/mol. The van der Waals surface area contributed by atoms with Gasteiger partial charge < -0.3 is 11.1 Å². The van der Waals surface area contributed by atoms with E-state index in [0.717, 1.165) is 0 Å². The van der Waals surface area contributed by atoms with E-state index in [0.29, 0.717) is 5.69 Å². The second-order valence-corrected chi connectivity index (χ2v) is 4.35. The summed E-state index contributed by atoms with van der Waals surface area (Å²) in [6.07, 6.45) is 0. The van der Waals surface area contributed by atoms with Crippen LogP contribution in [-0.2, 0) is 9.59 Å². The van der Waals surface area contributed by atoms with Gasteiger partial charge in [0.05, 0.1) is 17.5 Å². The summed E-state index contributed by atoms with van der Waals surface area (Å²) in [6, 6.07) is 5.02. The fourth-order valence-electron chi connectivity index (χ4n) is 1.53. The Bertz CT molecular complexity index is 532. The van der Waals surface area contributed by atoms with E-state index in [2.05, 4.69) is 5.32 Å². The van der Waals surface area contributed by atoms with Gasteiger partial charge in [0.2, 0.25) is 11.8 Å². The van der Waals surface area contributed by atoms with Gasteiger partial charge in [-0.3, -0.25) is 24.6 Å². The highest BCUT2D eigenvalue weighted by Gasteiger charge is 2.19. The van der Waals surface area contributed by atoms with E-state index in [1.165, 1.54) is 23.1 Å². The molecule has 8 nitrogen and oxygen atoms in total. The summed E-state index contributed by atoms with van der Waals surface area (Å²) in [5.74, 6) is -0.920. The van der Waals surface area contributed by atoms with Crippen molar-refractivity contribution in [1.82, 2.24) is 4.90 Å². The first-order valence-corrected chi connectivity index (χ1v) is 5.85. The summed E-state index contributed by atoms with van der Waals surface area (Å²) in [5, 5.41) is 13.2. The Hall–Kier alpha value is -2.48. The van der Waals surface area contributed by atoms with Gasteiger partial charge in [-0.15, -0.1) is 0 Å². The van der Waals surface area contributed by atoms with Gasteiger partial charge in [-0.25, -0.2) is 0 Å². The number of likely N-dealkylation sites (N-methyl/N-ethyl adjacent to an activating group) is 1. The maximum atomic E-state index is 11.9. The molecule has 3 N–H and O–H groups in total. The lowest BCUT2D eigenvalue weighted by Gasteiger charge is -2.22. The maximum Gasteiger partial charge on any atom is 0.271 e. The molecule has 0 aliphatic rings. The minimum atomic E-state index is -0.596. The van der Waals surface area contributed by atoms with Gasteiger partial charge >= 0.3 is 0 Å². The van der Waals surface area contributed by atoms with E-state index in [1.807, 2.05) is 0 Å². The third-order valence-corrected chi connectivity index (χ3v) is 2.77. The molecule has 0 fully saturated rings. The van der Waals surface area contributed by atoms with Gasteiger partial charge in [-0.1, -0.05) is 6.07 Å². The first kappa shape index (κ1) is 15.6. The number of nitrogens with two attached hydrogens (primary N) is 1. The lowest BCUT2D eigenvalue weighted by Crippen LogP contribution is -2.43. The van der Waals surface area contributed by atoms with Crippen LogP contribution in [0, 0.1) is 10.1 Å². The first-order valence-electron chi connectivity index (χ1n) is 5.85. The molecule has 0 aliphatic heterocycles. The molecule has 0 bridgehead atoms. The Morgan fingerprint density at radius 2 is 2.15 bits per heavy atom. The molecule has 0 saturated carbocycles. The van der Waals surface area contributed by atoms with E-state index in [-0.39, 0.29) is 18.1 Å². The van der Waals surface area contributed by atoms with Gasteiger partial charge in [-0.05, 0) is 20.0 Å². The number of nitrogens with one attached hydrogen (secondary N) is 1. The molecule has 0 heterocycles. The molecule has 1 aromatic rings. The molecule has 0 spiro atoms. The van der Waals surface area contributed by atoms with Gasteiger partial charge in [-0.2, -0.15) is 0 Å². The largest absolute Gasteiger partial charge is 0.369 e. The van der Waals surface area contributed by atoms with Gasteiger partial charge in [0, 0.05) is 17.8 Å². The quantitative estimate of drug-likeness (QED) is 0.575. The van der Waals surface area contributed by atoms with E-state index >= 15 is 0 Å². The van der Waals surface area contributed by atoms with E-state index < -0.39 is 16.9 Å². The van der Waals surface area contributed by atoms with Crippen LogP contribution in [0.4, 0.5) is 11.4 Å². The minimum Gasteiger partial charge on any atom is -0.369 e. The van der Waals surface area contributed by atoms with Crippen LogP contribution in [0.2, 0.25) is 0 Å². The van der Waals surface area contributed by atoms with Crippen molar-refractivity contribution in [3.63, 3.8) is 0 Å². The van der Waals surface area contributed by atoms with Crippen LogP contribution in [0.15, 0.2) is 24.3 Å². The predicted octanol–water partition coefficient (Wildman–Crippen LogP) is 0.339. The number of nitro benzene ring substituents is 1. The summed E-state index contributed by atoms with van der Waals surface area (Å²) in [6.45, 7) is 1.55. The molecule has 1 rings (SSSR count). The number of nitro groups is 1. The molecule has 20 heavy (non-hydrogen) atoms. The number of hydrogen-bond acceptors (Lipinski definition) is 5. The highest BCUT2D eigenvalue weighted by molar-refractivity contribution is 5.95. The lowest BCUT2D eigenvalue weighted by atomic mass is 10.2. The van der Waals surface area contributed by atoms with Crippen molar-refractivity contribution in [2.45, 2.75) is 13.0 Å². The van der Waals surface area contributed by atoms with Crippen molar-refractivity contribution in [2.75, 3.05) is 18.9 Å². The molecule has 1 atom stereocenters. The number of hydrogen-bond donors (Lipinski definition) is 2. The van der Waals surface area contributed by atoms with Crippen molar-refractivity contribution in [3.05, 3.63) is 34.4 Å². The first-order chi connectivity index (χ1) is 9.31. The van der Waals surface area contributed by atoms with Gasteiger partial charge in [0.1, 0.15) is 0 Å². The summed E-state index contributed by atoms with van der Waals surface area (Å²) < 4.78 is 0. The summed E-state index contributed by atoms with van der Waals surface area (Å²) >= 11 is 0. The van der Waals surface area contributed by atoms with E-state index in [9.17, 15) is 19.7 Å². The molecule has 8 heteroatoms. The fourth-order valence-corrected chi connectivity index (χ4v) is 1.53. The number of carbonyl (C=O) groups is 2. The van der Waals surface area contributed by atoms with Crippen molar-refractivity contribution >= 4 is 23.2 Å². The van der Waals surface area contributed by atoms with Crippen molar-refractivity contribution in [1.29, 1.82) is 0 Å². The molecule has 0 aromatic heterocycles. The number of primary amides is 1. The van der Waals surface area contributed by atoms with Crippen LogP contribution in [0.3, 0.4) is 0 Å². The van der Waals surface area contributed by atoms with Crippen LogP contribution in [-0.4, -0.2) is 41.3 Å². The number of amides is 2. The highest BCUT2D eigenvalue weighted by atomic mass is 16.6. The number of benzene rings is 1. The van der Waals surface area contributed by atoms with Gasteiger partial charge in [0.15, 0.2) is 0 Å². The fraction of sp³-hybridized carbons (Fsp3) is 0.333. The van der Waals surface area contributed by atoms with E-state index in [1.54, 1.807) is 20.0 Å². The van der Waals surface area contributed by atoms with Crippen molar-refractivity contribution in [2.24, 2.45) is 5.73 Å². The van der Waals surface area contributed by atoms with Crippen LogP contribution in [0.1, 0.15) is 6.92 Å². The topological polar surface area (TPSA) is 119 Å². The van der Waals surface area contributed by atoms with Crippen LogP contribution in [0.5, 0.6) is 0 Å². The Morgan fingerprint density at radius 3 is 2.70 bits per heavy atom. The molecule has 0 saturated heterocycles. The number of non-ortho nitro benzene ring substituents is 1. The SMILES string of the molecule is C[C@H](C(=O)Nc1cccc([N+](=O)[O-])c1)N(C)CC(N)=O. The molecule has 108 valence electrons. The molecule has 1 aromatic carbocycles. The zero-order valence-corrected chi connectivity index (χ0v) is 11.2. The smallest absolute Gasteiger partial charge is 0.271 e. The number of nitrogens with zero attached hydrogens (tertiary/aromatic N) is 2. The molecule has 0 radical (unpaired) electrons. The Kier molecular flexibility index (Phi) is 5.15. The van der Waals surface area contributed by atoms with Crippen LogP contribution in [0.25, 0.3) is 0 Å². The third-order valence-electron chi connectivity index (χ3n) is 2.77. The highest BCUT2D eigenvalue weighted by Crippen LogP contribution is 2.17. The minimum absolute atomic E-state index is 0.0521. The zero-order chi connectivity index (χ0) is 15.3. The number of carbonyl (C=O) groups excluding carboxylic acids is 2. The zero-order valence-electron chi connectivity index (χ0n) is 11.2. The van der Waals surface area contributed by atoms with Crippen LogP contribution >= 0.6 is 0 Å². The summed E-state index contributed by atoms with van der Waals surface area (Å²) in [5.41, 5.74) is 5.26. The standard InChI is InChI=1S/C12H16N4O4/c1-8(15(2)7-11(13)17)12(18)14-9-4-3-5-10(6-9)16(19)20/h3-6,8H,7H2,1-2H3,(H2,13,17)(H,14,18)/t8-/m1/s1. The monoisotopic (exact) mass is 280 g/mol. The van der Waals surface area contributed by atoms with Crippen molar-refractivity contribution < 1.29 is 14.5 Å². The second-order valence-electron chi connectivity index (χ2n) is 4.35. The van der Waals surface area contributed by atoms with Crippen LogP contribution < -0.4 is 11.1 Å². The Morgan fingerprint density at radius 1 is 1.50 bits per heavy atom. The van der Waals surface area contributed by atoms with Gasteiger partial charge in [0.25, 0.3) is 5.69 Å². The number of rotatable bonds is 6. The maximum absolute atomic E-state index is 11.9. The normalized spacial score (nSPS) is 11.9. The second kappa shape index (κ2) is 6.62. The Labute approximate surface area is 115 Å². The molecular formula is C12H16N4O4.